The van der Waals surface area contributed by atoms with Crippen LogP contribution in [0.5, 0.6) is 0 Å². The Balaban J connectivity index is 2.19. The third kappa shape index (κ3) is 2.43. The highest BCUT2D eigenvalue weighted by molar-refractivity contribution is 7.13. The van der Waals surface area contributed by atoms with Crippen LogP contribution >= 0.6 is 11.3 Å². The Labute approximate surface area is 99.5 Å². The number of aryl methyl sites for hydroxylation is 1. The summed E-state index contributed by atoms with van der Waals surface area (Å²) in [5.74, 6) is -0.339. The van der Waals surface area contributed by atoms with Crippen LogP contribution in [-0.4, -0.2) is 16.1 Å². The van der Waals surface area contributed by atoms with Crippen LogP contribution < -0.4 is 0 Å². The molecule has 88 valence electrons. The fourth-order valence-electron chi connectivity index (χ4n) is 2.32. The summed E-state index contributed by atoms with van der Waals surface area (Å²) in [6, 6.07) is 0. The molecule has 1 aromatic rings. The van der Waals surface area contributed by atoms with Crippen LogP contribution in [0.15, 0.2) is 0 Å². The van der Waals surface area contributed by atoms with Gasteiger partial charge in [0, 0.05) is 5.92 Å². The first-order valence-electron chi connectivity index (χ1n) is 5.89. The van der Waals surface area contributed by atoms with Crippen molar-refractivity contribution in [2.45, 2.75) is 51.4 Å². The molecule has 3 nitrogen and oxygen atoms in total. The summed E-state index contributed by atoms with van der Waals surface area (Å²) >= 11 is 1.37. The Hall–Kier alpha value is -0.900. The maximum Gasteiger partial charge on any atom is 0.347 e. The van der Waals surface area contributed by atoms with E-state index < -0.39 is 5.97 Å². The van der Waals surface area contributed by atoms with E-state index in [2.05, 4.69) is 4.98 Å². The molecule has 0 spiro atoms. The number of nitrogens with zero attached hydrogens (tertiary/aromatic N) is 1. The fraction of sp³-hybridized carbons (Fsp3) is 0.667. The fourth-order valence-corrected chi connectivity index (χ4v) is 3.39. The minimum atomic E-state index is -0.838. The number of carbonyl (C=O) groups is 1. The number of hydrogen-bond acceptors (Lipinski definition) is 3. The van der Waals surface area contributed by atoms with Crippen LogP contribution in [0.2, 0.25) is 0 Å². The Morgan fingerprint density at radius 1 is 1.31 bits per heavy atom. The zero-order chi connectivity index (χ0) is 11.5. The van der Waals surface area contributed by atoms with Crippen LogP contribution in [0.4, 0.5) is 0 Å². The summed E-state index contributed by atoms with van der Waals surface area (Å²) in [6.45, 7) is 1.79. The van der Waals surface area contributed by atoms with Crippen molar-refractivity contribution < 1.29 is 9.90 Å². The molecule has 0 radical (unpaired) electrons. The monoisotopic (exact) mass is 239 g/mol. The lowest BCUT2D eigenvalue weighted by atomic mass is 10.0. The van der Waals surface area contributed by atoms with Crippen LogP contribution in [0.1, 0.15) is 64.8 Å². The summed E-state index contributed by atoms with van der Waals surface area (Å²) in [4.78, 5) is 15.8. The van der Waals surface area contributed by atoms with Crippen molar-refractivity contribution in [3.8, 4) is 0 Å². The second-order valence-corrected chi connectivity index (χ2v) is 5.49. The van der Waals surface area contributed by atoms with Crippen LogP contribution in [0.3, 0.4) is 0 Å². The van der Waals surface area contributed by atoms with Gasteiger partial charge in [-0.05, 0) is 19.8 Å². The lowest BCUT2D eigenvalue weighted by Gasteiger charge is -2.09. The van der Waals surface area contributed by atoms with E-state index in [1.54, 1.807) is 6.92 Å². The molecule has 1 heterocycles. The van der Waals surface area contributed by atoms with Gasteiger partial charge < -0.3 is 5.11 Å². The van der Waals surface area contributed by atoms with Crippen LogP contribution in [0, 0.1) is 6.92 Å². The molecule has 0 saturated heterocycles. The zero-order valence-electron chi connectivity index (χ0n) is 9.53. The molecule has 0 bridgehead atoms. The van der Waals surface area contributed by atoms with Gasteiger partial charge >= 0.3 is 5.97 Å². The number of carboxylic acids is 1. The Bertz CT molecular complexity index is 378. The number of hydrogen-bond donors (Lipinski definition) is 1. The minimum absolute atomic E-state index is 0.416. The summed E-state index contributed by atoms with van der Waals surface area (Å²) in [6.07, 6.45) is 7.48. The summed E-state index contributed by atoms with van der Waals surface area (Å²) in [7, 11) is 0. The van der Waals surface area contributed by atoms with Gasteiger partial charge in [-0.15, -0.1) is 11.3 Å². The number of carboxylic acid groups (broad SMARTS) is 1. The van der Waals surface area contributed by atoms with Crippen molar-refractivity contribution in [3.05, 3.63) is 15.6 Å². The highest BCUT2D eigenvalue weighted by Gasteiger charge is 2.21. The lowest BCUT2D eigenvalue weighted by Crippen LogP contribution is -1.96. The maximum atomic E-state index is 11.0. The molecule has 1 aliphatic carbocycles. The number of rotatable bonds is 2. The molecule has 0 atom stereocenters. The van der Waals surface area contributed by atoms with Gasteiger partial charge in [0.15, 0.2) is 0 Å². The standard InChI is InChI=1S/C12H17NO2S/c1-8-10(12(14)15)16-11(13-8)9-6-4-2-3-5-7-9/h9H,2-7H2,1H3,(H,14,15). The van der Waals surface area contributed by atoms with Crippen molar-refractivity contribution in [3.63, 3.8) is 0 Å². The molecule has 0 amide bonds. The predicted molar refractivity (Wildman–Crippen MR) is 64.3 cm³/mol. The molecular weight excluding hydrogens is 222 g/mol. The Morgan fingerprint density at radius 2 is 1.94 bits per heavy atom. The predicted octanol–water partition coefficient (Wildman–Crippen LogP) is 3.59. The Kier molecular flexibility index (Phi) is 3.59. The minimum Gasteiger partial charge on any atom is -0.477 e. The quantitative estimate of drug-likeness (QED) is 0.802. The Morgan fingerprint density at radius 3 is 2.44 bits per heavy atom. The molecule has 2 rings (SSSR count). The van der Waals surface area contributed by atoms with E-state index in [-0.39, 0.29) is 0 Å². The second kappa shape index (κ2) is 4.95. The first-order valence-corrected chi connectivity index (χ1v) is 6.70. The number of aromatic nitrogens is 1. The second-order valence-electron chi connectivity index (χ2n) is 4.46. The van der Waals surface area contributed by atoms with Gasteiger partial charge in [-0.3, -0.25) is 0 Å². The number of thiazole rings is 1. The summed E-state index contributed by atoms with van der Waals surface area (Å²) in [5, 5.41) is 10.0. The largest absolute Gasteiger partial charge is 0.477 e. The van der Waals surface area contributed by atoms with Crippen LogP contribution in [-0.2, 0) is 0 Å². The maximum absolute atomic E-state index is 11.0. The van der Waals surface area contributed by atoms with Gasteiger partial charge in [0.25, 0.3) is 0 Å². The third-order valence-corrected chi connectivity index (χ3v) is 4.52. The van der Waals surface area contributed by atoms with Crippen molar-refractivity contribution in [1.29, 1.82) is 0 Å². The molecule has 4 heteroatoms. The molecule has 0 aromatic carbocycles. The molecule has 0 unspecified atom stereocenters. The first-order chi connectivity index (χ1) is 7.68. The normalized spacial score (nSPS) is 18.3. The van der Waals surface area contributed by atoms with E-state index in [4.69, 9.17) is 5.11 Å². The van der Waals surface area contributed by atoms with Gasteiger partial charge in [-0.25, -0.2) is 9.78 Å². The van der Waals surface area contributed by atoms with E-state index in [1.165, 1.54) is 49.9 Å². The molecule has 0 aliphatic heterocycles. The topological polar surface area (TPSA) is 50.2 Å². The summed E-state index contributed by atoms with van der Waals surface area (Å²) < 4.78 is 0. The highest BCUT2D eigenvalue weighted by atomic mass is 32.1. The molecule has 1 saturated carbocycles. The van der Waals surface area contributed by atoms with E-state index in [9.17, 15) is 4.79 Å². The summed E-state index contributed by atoms with van der Waals surface area (Å²) in [5.41, 5.74) is 0.678. The van der Waals surface area contributed by atoms with Crippen molar-refractivity contribution in [2.24, 2.45) is 0 Å². The van der Waals surface area contributed by atoms with E-state index >= 15 is 0 Å². The first kappa shape index (κ1) is 11.6. The van der Waals surface area contributed by atoms with E-state index in [0.29, 0.717) is 16.5 Å². The van der Waals surface area contributed by atoms with Crippen LogP contribution in [0.25, 0.3) is 0 Å². The molecule has 1 aromatic heterocycles. The van der Waals surface area contributed by atoms with E-state index in [0.717, 1.165) is 5.01 Å². The van der Waals surface area contributed by atoms with Gasteiger partial charge in [0.2, 0.25) is 0 Å². The average molecular weight is 239 g/mol. The third-order valence-electron chi connectivity index (χ3n) is 3.21. The smallest absolute Gasteiger partial charge is 0.347 e. The highest BCUT2D eigenvalue weighted by Crippen LogP contribution is 2.34. The molecular formula is C12H17NO2S. The van der Waals surface area contributed by atoms with Crippen molar-refractivity contribution >= 4 is 17.3 Å². The van der Waals surface area contributed by atoms with Gasteiger partial charge in [0.05, 0.1) is 10.7 Å². The van der Waals surface area contributed by atoms with E-state index in [1.807, 2.05) is 0 Å². The SMILES string of the molecule is Cc1nc(C2CCCCCC2)sc1C(=O)O. The molecule has 16 heavy (non-hydrogen) atoms. The number of aromatic carboxylic acids is 1. The molecule has 1 aliphatic rings. The van der Waals surface area contributed by atoms with Crippen molar-refractivity contribution in [2.75, 3.05) is 0 Å². The molecule has 1 N–H and O–H groups in total. The van der Waals surface area contributed by atoms with Gasteiger partial charge in [-0.2, -0.15) is 0 Å². The molecule has 1 fully saturated rings. The zero-order valence-corrected chi connectivity index (χ0v) is 10.3. The van der Waals surface area contributed by atoms with Gasteiger partial charge in [0.1, 0.15) is 4.88 Å². The van der Waals surface area contributed by atoms with Gasteiger partial charge in [-0.1, -0.05) is 25.7 Å². The lowest BCUT2D eigenvalue weighted by molar-refractivity contribution is 0.0701. The average Bonchev–Trinajstić information content (AvgIpc) is 2.50. The van der Waals surface area contributed by atoms with Crippen molar-refractivity contribution in [1.82, 2.24) is 4.98 Å².